The first-order chi connectivity index (χ1) is 9.40. The standard InChI is InChI=1S/C13H18N4O2S/c1-3-17-9-12(8-15-17)16-10(2)11-4-6-13(7-5-11)20(14,18)19/h4-10,16H,3H2,1-2H3,(H2,14,18,19). The molecule has 1 atom stereocenters. The van der Waals surface area contributed by atoms with E-state index < -0.39 is 10.0 Å². The molecular weight excluding hydrogens is 276 g/mol. The Morgan fingerprint density at radius 2 is 2.00 bits per heavy atom. The topological polar surface area (TPSA) is 90.0 Å². The van der Waals surface area contributed by atoms with Gasteiger partial charge in [-0.15, -0.1) is 0 Å². The number of anilines is 1. The third-order valence-corrected chi connectivity index (χ3v) is 3.98. The largest absolute Gasteiger partial charge is 0.376 e. The molecule has 0 saturated carbocycles. The van der Waals surface area contributed by atoms with Crippen LogP contribution in [0, 0.1) is 0 Å². The van der Waals surface area contributed by atoms with Crippen molar-refractivity contribution < 1.29 is 8.42 Å². The maximum Gasteiger partial charge on any atom is 0.238 e. The molecule has 1 aromatic heterocycles. The van der Waals surface area contributed by atoms with Crippen molar-refractivity contribution >= 4 is 15.7 Å². The summed E-state index contributed by atoms with van der Waals surface area (Å²) in [5.74, 6) is 0. The fourth-order valence-corrected chi connectivity index (χ4v) is 2.41. The third kappa shape index (κ3) is 3.37. The summed E-state index contributed by atoms with van der Waals surface area (Å²) < 4.78 is 24.2. The Balaban J connectivity index is 2.11. The van der Waals surface area contributed by atoms with E-state index >= 15 is 0 Å². The maximum absolute atomic E-state index is 11.2. The Morgan fingerprint density at radius 1 is 1.35 bits per heavy atom. The summed E-state index contributed by atoms with van der Waals surface area (Å²) in [6.45, 7) is 4.83. The molecule has 0 aliphatic heterocycles. The van der Waals surface area contributed by atoms with Crippen molar-refractivity contribution in [1.29, 1.82) is 0 Å². The van der Waals surface area contributed by atoms with E-state index in [0.717, 1.165) is 17.8 Å². The van der Waals surface area contributed by atoms with Crippen molar-refractivity contribution in [3.63, 3.8) is 0 Å². The van der Waals surface area contributed by atoms with E-state index in [1.807, 2.05) is 24.7 Å². The summed E-state index contributed by atoms with van der Waals surface area (Å²) in [6.07, 6.45) is 3.69. The third-order valence-electron chi connectivity index (χ3n) is 3.05. The van der Waals surface area contributed by atoms with Crippen molar-refractivity contribution in [3.05, 3.63) is 42.2 Å². The lowest BCUT2D eigenvalue weighted by molar-refractivity contribution is 0.597. The van der Waals surface area contributed by atoms with Gasteiger partial charge in [-0.2, -0.15) is 5.10 Å². The first-order valence-electron chi connectivity index (χ1n) is 6.32. The Bertz CT molecular complexity index is 677. The van der Waals surface area contributed by atoms with Crippen LogP contribution >= 0.6 is 0 Å². The zero-order chi connectivity index (χ0) is 14.8. The minimum absolute atomic E-state index is 0.0408. The van der Waals surface area contributed by atoms with Gasteiger partial charge in [0.15, 0.2) is 0 Å². The molecule has 0 spiro atoms. The number of benzene rings is 1. The highest BCUT2D eigenvalue weighted by molar-refractivity contribution is 7.89. The Hall–Kier alpha value is -1.86. The Kier molecular flexibility index (Phi) is 4.10. The number of hydrogen-bond donors (Lipinski definition) is 2. The van der Waals surface area contributed by atoms with Crippen LogP contribution in [0.5, 0.6) is 0 Å². The fraction of sp³-hybridized carbons (Fsp3) is 0.308. The predicted octanol–water partition coefficient (Wildman–Crippen LogP) is 1.72. The van der Waals surface area contributed by atoms with Gasteiger partial charge in [-0.1, -0.05) is 12.1 Å². The smallest absolute Gasteiger partial charge is 0.238 e. The maximum atomic E-state index is 11.2. The highest BCUT2D eigenvalue weighted by Gasteiger charge is 2.10. The van der Waals surface area contributed by atoms with Crippen molar-refractivity contribution in [3.8, 4) is 0 Å². The number of primary sulfonamides is 1. The number of rotatable bonds is 5. The molecular formula is C13H18N4O2S. The summed E-state index contributed by atoms with van der Waals surface area (Å²) in [4.78, 5) is 0.118. The number of sulfonamides is 1. The summed E-state index contributed by atoms with van der Waals surface area (Å²) in [6, 6.07) is 6.57. The first kappa shape index (κ1) is 14.5. The van der Waals surface area contributed by atoms with Gasteiger partial charge >= 0.3 is 0 Å². The SMILES string of the molecule is CCn1cc(NC(C)c2ccc(S(N)(=O)=O)cc2)cn1. The van der Waals surface area contributed by atoms with Gasteiger partial charge < -0.3 is 5.32 Å². The number of nitrogens with one attached hydrogen (secondary N) is 1. The molecule has 1 aromatic carbocycles. The van der Waals surface area contributed by atoms with E-state index in [1.165, 1.54) is 12.1 Å². The van der Waals surface area contributed by atoms with Gasteiger partial charge in [-0.25, -0.2) is 13.6 Å². The number of aryl methyl sites for hydroxylation is 1. The number of aromatic nitrogens is 2. The highest BCUT2D eigenvalue weighted by Crippen LogP contribution is 2.20. The molecule has 7 heteroatoms. The second kappa shape index (κ2) is 5.64. The zero-order valence-electron chi connectivity index (χ0n) is 11.4. The minimum Gasteiger partial charge on any atom is -0.376 e. The molecule has 0 radical (unpaired) electrons. The normalized spacial score (nSPS) is 13.2. The van der Waals surface area contributed by atoms with Crippen LogP contribution in [-0.4, -0.2) is 18.2 Å². The molecule has 108 valence electrons. The van der Waals surface area contributed by atoms with Gasteiger partial charge in [0.25, 0.3) is 0 Å². The molecule has 3 N–H and O–H groups in total. The van der Waals surface area contributed by atoms with Gasteiger partial charge in [-0.05, 0) is 31.5 Å². The Labute approximate surface area is 118 Å². The molecule has 1 unspecified atom stereocenters. The van der Waals surface area contributed by atoms with Crippen LogP contribution in [0.2, 0.25) is 0 Å². The van der Waals surface area contributed by atoms with Crippen LogP contribution in [0.25, 0.3) is 0 Å². The molecule has 2 aromatic rings. The summed E-state index contributed by atoms with van der Waals surface area (Å²) in [7, 11) is -3.64. The second-order valence-corrected chi connectivity index (χ2v) is 6.13. The molecule has 0 saturated heterocycles. The van der Waals surface area contributed by atoms with Crippen molar-refractivity contribution in [2.45, 2.75) is 31.3 Å². The van der Waals surface area contributed by atoms with Crippen LogP contribution in [0.15, 0.2) is 41.6 Å². The lowest BCUT2D eigenvalue weighted by Gasteiger charge is -2.14. The monoisotopic (exact) mass is 294 g/mol. The summed E-state index contributed by atoms with van der Waals surface area (Å²) in [5, 5.41) is 12.6. The lowest BCUT2D eigenvalue weighted by atomic mass is 10.1. The first-order valence-corrected chi connectivity index (χ1v) is 7.86. The number of hydrogen-bond acceptors (Lipinski definition) is 4. The van der Waals surface area contributed by atoms with Crippen LogP contribution in [0.3, 0.4) is 0 Å². The van der Waals surface area contributed by atoms with E-state index in [4.69, 9.17) is 5.14 Å². The molecule has 20 heavy (non-hydrogen) atoms. The average Bonchev–Trinajstić information content (AvgIpc) is 2.85. The second-order valence-electron chi connectivity index (χ2n) is 4.56. The van der Waals surface area contributed by atoms with Gasteiger partial charge in [0.05, 0.1) is 16.8 Å². The minimum atomic E-state index is -3.64. The van der Waals surface area contributed by atoms with Crippen LogP contribution < -0.4 is 10.5 Å². The van der Waals surface area contributed by atoms with Crippen LogP contribution in [-0.2, 0) is 16.6 Å². The van der Waals surface area contributed by atoms with Crippen LogP contribution in [0.1, 0.15) is 25.5 Å². The molecule has 6 nitrogen and oxygen atoms in total. The van der Waals surface area contributed by atoms with Crippen molar-refractivity contribution in [2.75, 3.05) is 5.32 Å². The molecule has 0 aliphatic carbocycles. The molecule has 0 aliphatic rings. The van der Waals surface area contributed by atoms with Gasteiger partial charge in [0, 0.05) is 18.8 Å². The highest BCUT2D eigenvalue weighted by atomic mass is 32.2. The fourth-order valence-electron chi connectivity index (χ4n) is 1.89. The molecule has 0 amide bonds. The number of nitrogens with zero attached hydrogens (tertiary/aromatic N) is 2. The van der Waals surface area contributed by atoms with E-state index in [2.05, 4.69) is 10.4 Å². The van der Waals surface area contributed by atoms with Gasteiger partial charge in [0.1, 0.15) is 0 Å². The number of nitrogens with two attached hydrogens (primary N) is 1. The predicted molar refractivity (Wildman–Crippen MR) is 77.8 cm³/mol. The van der Waals surface area contributed by atoms with Crippen LogP contribution in [0.4, 0.5) is 5.69 Å². The van der Waals surface area contributed by atoms with Crippen molar-refractivity contribution in [1.82, 2.24) is 9.78 Å². The Morgan fingerprint density at radius 3 is 2.50 bits per heavy atom. The summed E-state index contributed by atoms with van der Waals surface area (Å²) >= 11 is 0. The van der Waals surface area contributed by atoms with Gasteiger partial charge in [0.2, 0.25) is 10.0 Å². The molecule has 2 rings (SSSR count). The van der Waals surface area contributed by atoms with E-state index in [0.29, 0.717) is 0 Å². The molecule has 0 bridgehead atoms. The lowest BCUT2D eigenvalue weighted by Crippen LogP contribution is -2.12. The zero-order valence-corrected chi connectivity index (χ0v) is 12.3. The summed E-state index contributed by atoms with van der Waals surface area (Å²) in [5.41, 5.74) is 1.90. The molecule has 0 fully saturated rings. The van der Waals surface area contributed by atoms with Gasteiger partial charge in [-0.3, -0.25) is 4.68 Å². The van der Waals surface area contributed by atoms with E-state index in [-0.39, 0.29) is 10.9 Å². The molecule has 1 heterocycles. The van der Waals surface area contributed by atoms with Crippen molar-refractivity contribution in [2.24, 2.45) is 5.14 Å². The van der Waals surface area contributed by atoms with E-state index in [1.54, 1.807) is 18.3 Å². The van der Waals surface area contributed by atoms with E-state index in [9.17, 15) is 8.42 Å². The average molecular weight is 294 g/mol. The quantitative estimate of drug-likeness (QED) is 0.878.